The number of ether oxygens (including phenoxy) is 2. The smallest absolute Gasteiger partial charge is 1.00 e. The molecule has 0 N–H and O–H groups in total. The topological polar surface area (TPSA) is 89.8 Å². The number of hydrogen-bond acceptors (Lipinski definition) is 5. The Labute approximate surface area is 219 Å². The minimum absolute atomic E-state index is 0. The summed E-state index contributed by atoms with van der Waals surface area (Å²) in [6.45, 7) is 3.59. The summed E-state index contributed by atoms with van der Waals surface area (Å²) in [6.07, 6.45) is 10.1. The number of nitriles is 3. The van der Waals surface area contributed by atoms with Crippen LogP contribution in [0, 0.1) is 40.1 Å². The molecule has 0 atom stereocenters. The van der Waals surface area contributed by atoms with E-state index in [2.05, 4.69) is 11.8 Å². The zero-order valence-electron chi connectivity index (χ0n) is 18.0. The Morgan fingerprint density at radius 1 is 1.03 bits per heavy atom. The molecular weight excluding hydrogens is 622 g/mol. The summed E-state index contributed by atoms with van der Waals surface area (Å²) in [7, 11) is 0. The molecule has 0 spiro atoms. The fourth-order valence-electron chi connectivity index (χ4n) is 3.48. The minimum Gasteiger partial charge on any atom is -1.00 e. The van der Waals surface area contributed by atoms with Gasteiger partial charge in [-0.1, -0.05) is 54.3 Å². The number of hydrogen-bond donors (Lipinski definition) is 0. The van der Waals surface area contributed by atoms with E-state index in [1.165, 1.54) is 0 Å². The van der Waals surface area contributed by atoms with Crippen molar-refractivity contribution >= 4 is 5.76 Å². The number of rotatable bonds is 3. The summed E-state index contributed by atoms with van der Waals surface area (Å²) in [5.41, 5.74) is 5.72. The molecule has 2 radical (unpaired) electrons. The number of halogens is 1. The van der Waals surface area contributed by atoms with Gasteiger partial charge in [0.25, 0.3) is 0 Å². The molecule has 2 aliphatic heterocycles. The maximum atomic E-state index is 9.64. The Kier molecular flexibility index (Phi) is 8.32. The van der Waals surface area contributed by atoms with Crippen molar-refractivity contribution in [2.45, 2.75) is 19.4 Å². The molecule has 1 aliphatic carbocycles. The van der Waals surface area contributed by atoms with Crippen LogP contribution in [0.15, 0.2) is 100 Å². The van der Waals surface area contributed by atoms with Crippen LogP contribution in [-0.4, -0.2) is 5.60 Å². The maximum Gasteiger partial charge on any atom is 1.00 e. The summed E-state index contributed by atoms with van der Waals surface area (Å²) >= 11 is 0. The second-order valence-electron chi connectivity index (χ2n) is 7.45. The molecular formula is C26H16ClHgN3O2. The molecule has 5 nitrogen and oxygen atoms in total. The van der Waals surface area contributed by atoms with Crippen molar-refractivity contribution in [3.63, 3.8) is 0 Å². The fourth-order valence-corrected chi connectivity index (χ4v) is 3.48. The van der Waals surface area contributed by atoms with Gasteiger partial charge in [0.1, 0.15) is 29.4 Å². The Bertz CT molecular complexity index is 1300. The van der Waals surface area contributed by atoms with Gasteiger partial charge in [0, 0.05) is 11.1 Å². The van der Waals surface area contributed by atoms with Crippen molar-refractivity contribution in [1.29, 1.82) is 15.8 Å². The van der Waals surface area contributed by atoms with Crippen molar-refractivity contribution in [2.75, 3.05) is 0 Å². The zero-order chi connectivity index (χ0) is 22.0. The van der Waals surface area contributed by atoms with Crippen molar-refractivity contribution in [3.8, 4) is 18.2 Å². The number of allylic oxidation sites excluding steroid dienone is 5. The van der Waals surface area contributed by atoms with Crippen LogP contribution in [0.1, 0.15) is 19.4 Å². The van der Waals surface area contributed by atoms with Gasteiger partial charge in [0.05, 0.1) is 5.57 Å². The summed E-state index contributed by atoms with van der Waals surface area (Å²) < 4.78 is 11.7. The van der Waals surface area contributed by atoms with Gasteiger partial charge in [-0.05, 0) is 31.6 Å². The molecule has 0 bridgehead atoms. The van der Waals surface area contributed by atoms with Gasteiger partial charge in [-0.2, -0.15) is 15.8 Å². The van der Waals surface area contributed by atoms with Crippen LogP contribution in [0.2, 0.25) is 0 Å². The second kappa shape index (κ2) is 10.6. The molecule has 2 heterocycles. The van der Waals surface area contributed by atoms with Crippen LogP contribution >= 0.6 is 0 Å². The van der Waals surface area contributed by atoms with Crippen LogP contribution < -0.4 is 12.4 Å². The third-order valence-corrected chi connectivity index (χ3v) is 5.01. The van der Waals surface area contributed by atoms with Crippen LogP contribution in [0.3, 0.4) is 0 Å². The molecule has 0 unspecified atom stereocenters. The number of nitrogens with zero attached hydrogens (tertiary/aromatic N) is 3. The number of benzene rings is 1. The monoisotopic (exact) mass is 639 g/mol. The molecule has 156 valence electrons. The van der Waals surface area contributed by atoms with Gasteiger partial charge in [-0.15, -0.1) is 0 Å². The quantitative estimate of drug-likeness (QED) is 0.288. The minimum atomic E-state index is -0.845. The third kappa shape index (κ3) is 5.06. The Hall–Kier alpha value is -3.26. The molecule has 1 aromatic rings. The van der Waals surface area contributed by atoms with Crippen LogP contribution in [0.5, 0.6) is 0 Å². The van der Waals surface area contributed by atoms with Gasteiger partial charge in [-0.3, -0.25) is 0 Å². The predicted octanol–water partition coefficient (Wildman–Crippen LogP) is 2.10. The normalized spacial score (nSPS) is 17.7. The Morgan fingerprint density at radius 2 is 1.73 bits per heavy atom. The van der Waals surface area contributed by atoms with Gasteiger partial charge in [0.15, 0.2) is 17.1 Å². The summed E-state index contributed by atoms with van der Waals surface area (Å²) in [6, 6.07) is 15.4. The molecule has 0 amide bonds. The van der Waals surface area contributed by atoms with E-state index in [0.717, 1.165) is 22.8 Å². The van der Waals surface area contributed by atoms with E-state index in [-0.39, 0.29) is 57.0 Å². The molecule has 1 aromatic carbocycles. The van der Waals surface area contributed by atoms with Crippen molar-refractivity contribution in [1.82, 2.24) is 0 Å². The molecule has 0 saturated heterocycles. The Balaban J connectivity index is 0.00000193. The standard InChI is InChI=1S/C26H16N3O2.ClH.Hg/c1-26(2)22(21(16-29)25(31-26)20(14-27)15-28)10-8-17-9-11-23-19(12-17)13-24(30-23)18-6-4-3-5-7-18;;/h3-12H,1-2H3;1H;/q;;+1/p-1/b10-8+;;. The van der Waals surface area contributed by atoms with E-state index in [1.54, 1.807) is 32.1 Å². The zero-order valence-corrected chi connectivity index (χ0v) is 24.3. The fraction of sp³-hybridized carbons (Fsp3) is 0.115. The third-order valence-electron chi connectivity index (χ3n) is 5.01. The first kappa shape index (κ1) is 26.0. The largest absolute Gasteiger partial charge is 1.00 e. The van der Waals surface area contributed by atoms with Crippen LogP contribution in [0.25, 0.3) is 5.76 Å². The van der Waals surface area contributed by atoms with Gasteiger partial charge in [0.2, 0.25) is 6.10 Å². The van der Waals surface area contributed by atoms with E-state index < -0.39 is 5.60 Å². The van der Waals surface area contributed by atoms with Gasteiger partial charge < -0.3 is 21.9 Å². The first-order valence-electron chi connectivity index (χ1n) is 9.55. The Morgan fingerprint density at radius 3 is 2.36 bits per heavy atom. The second-order valence-corrected chi connectivity index (χ2v) is 7.45. The molecule has 0 saturated carbocycles. The molecule has 0 aromatic heterocycles. The van der Waals surface area contributed by atoms with E-state index in [0.29, 0.717) is 11.3 Å². The molecule has 7 heteroatoms. The average Bonchev–Trinajstić information content (AvgIpc) is 3.31. The van der Waals surface area contributed by atoms with Crippen molar-refractivity contribution in [3.05, 3.63) is 112 Å². The van der Waals surface area contributed by atoms with E-state index >= 15 is 0 Å². The van der Waals surface area contributed by atoms with Crippen LogP contribution in [0.4, 0.5) is 0 Å². The predicted molar refractivity (Wildman–Crippen MR) is 114 cm³/mol. The molecule has 0 fully saturated rings. The summed E-state index contributed by atoms with van der Waals surface area (Å²) in [5.74, 6) is 0.704. The SMILES string of the molecule is CC1(C)OC(=C(C#N)C#N)C(C#N)=C1/C=C/C1=CC2=C=C(c3ccccc3)O[C]2C=C1.[Cl-].[Hg+]. The molecule has 3 aliphatic rings. The van der Waals surface area contributed by atoms with E-state index in [4.69, 9.17) is 9.47 Å². The summed E-state index contributed by atoms with van der Waals surface area (Å²) in [4.78, 5) is 0. The van der Waals surface area contributed by atoms with Gasteiger partial charge in [-0.25, -0.2) is 0 Å². The first-order valence-corrected chi connectivity index (χ1v) is 9.55. The van der Waals surface area contributed by atoms with Crippen LogP contribution in [-0.2, 0) is 37.1 Å². The van der Waals surface area contributed by atoms with E-state index in [9.17, 15) is 15.8 Å². The number of fused-ring (bicyclic) bond motifs is 1. The average molecular weight is 638 g/mol. The maximum absolute atomic E-state index is 9.64. The van der Waals surface area contributed by atoms with E-state index in [1.807, 2.05) is 54.6 Å². The first-order chi connectivity index (χ1) is 15.0. The molecule has 33 heavy (non-hydrogen) atoms. The van der Waals surface area contributed by atoms with Gasteiger partial charge >= 0.3 is 27.7 Å². The van der Waals surface area contributed by atoms with Crippen molar-refractivity contribution < 1.29 is 49.5 Å². The molecule has 4 rings (SSSR count). The van der Waals surface area contributed by atoms with Crippen molar-refractivity contribution in [2.24, 2.45) is 0 Å². The summed E-state index contributed by atoms with van der Waals surface area (Å²) in [5, 5.41) is 28.0.